The molecule has 0 aliphatic heterocycles. The van der Waals surface area contributed by atoms with Gasteiger partial charge in [0.1, 0.15) is 5.82 Å². The maximum absolute atomic E-state index is 13.1. The first-order chi connectivity index (χ1) is 12.2. The molecule has 1 amide bonds. The van der Waals surface area contributed by atoms with Crippen LogP contribution >= 0.6 is 11.8 Å². The van der Waals surface area contributed by atoms with E-state index in [1.165, 1.54) is 24.3 Å². The normalized spacial score (nSPS) is 11.3. The molecule has 2 aromatic rings. The summed E-state index contributed by atoms with van der Waals surface area (Å²) in [6.07, 6.45) is 2.65. The van der Waals surface area contributed by atoms with E-state index < -0.39 is 21.7 Å². The van der Waals surface area contributed by atoms with Crippen molar-refractivity contribution in [1.29, 1.82) is 0 Å². The third-order valence-electron chi connectivity index (χ3n) is 3.25. The second-order valence-electron chi connectivity index (χ2n) is 5.30. The number of thioether (sulfide) groups is 1. The van der Waals surface area contributed by atoms with Crippen molar-refractivity contribution < 1.29 is 17.6 Å². The molecule has 0 radical (unpaired) electrons. The Morgan fingerprint density at radius 1 is 1.38 bits per heavy atom. The van der Waals surface area contributed by atoms with Crippen LogP contribution in [-0.4, -0.2) is 41.1 Å². The minimum absolute atomic E-state index is 0.0169. The van der Waals surface area contributed by atoms with Gasteiger partial charge in [-0.1, -0.05) is 17.8 Å². The van der Waals surface area contributed by atoms with E-state index in [0.717, 1.165) is 22.3 Å². The summed E-state index contributed by atoms with van der Waals surface area (Å²) in [6, 6.07) is 5.09. The highest BCUT2D eigenvalue weighted by atomic mass is 32.2. The Morgan fingerprint density at radius 2 is 2.04 bits per heavy atom. The average molecular weight is 399 g/mol. The number of nitrogens with two attached hydrogens (primary N) is 1. The quantitative estimate of drug-likeness (QED) is 0.500. The molecule has 2 N–H and O–H groups in total. The number of hydrogen-bond donors (Lipinski definition) is 1. The van der Waals surface area contributed by atoms with Crippen LogP contribution in [0, 0.1) is 5.82 Å². The summed E-state index contributed by atoms with van der Waals surface area (Å²) in [5, 5.41) is 8.43. The van der Waals surface area contributed by atoms with Crippen LogP contribution in [0.3, 0.4) is 0 Å². The van der Waals surface area contributed by atoms with E-state index in [1.807, 2.05) is 0 Å². The van der Waals surface area contributed by atoms with Gasteiger partial charge < -0.3 is 10.3 Å². The zero-order valence-corrected chi connectivity index (χ0v) is 15.6. The van der Waals surface area contributed by atoms with Crippen LogP contribution in [0.5, 0.6) is 0 Å². The van der Waals surface area contributed by atoms with E-state index in [0.29, 0.717) is 23.2 Å². The molecule has 0 saturated carbocycles. The predicted octanol–water partition coefficient (Wildman–Crippen LogP) is 1.15. The van der Waals surface area contributed by atoms with E-state index >= 15 is 0 Å². The molecule has 0 atom stereocenters. The van der Waals surface area contributed by atoms with Gasteiger partial charge in [0.2, 0.25) is 15.9 Å². The molecule has 2 rings (SSSR count). The van der Waals surface area contributed by atoms with Crippen LogP contribution in [0.2, 0.25) is 0 Å². The van der Waals surface area contributed by atoms with Crippen molar-refractivity contribution in [1.82, 2.24) is 14.8 Å². The fourth-order valence-corrected chi connectivity index (χ4v) is 3.69. The van der Waals surface area contributed by atoms with Gasteiger partial charge in [0.25, 0.3) is 0 Å². The fraction of sp³-hybridized carbons (Fsp3) is 0.267. The zero-order valence-electron chi connectivity index (χ0n) is 14.0. The molecule has 0 unspecified atom stereocenters. The smallest absolute Gasteiger partial charge is 0.232 e. The zero-order chi connectivity index (χ0) is 19.3. The summed E-state index contributed by atoms with van der Waals surface area (Å²) in [6.45, 7) is 3.87. The lowest BCUT2D eigenvalue weighted by Crippen LogP contribution is -2.30. The van der Waals surface area contributed by atoms with Crippen LogP contribution in [0.1, 0.15) is 5.82 Å². The third-order valence-corrected chi connectivity index (χ3v) is 5.38. The Morgan fingerprint density at radius 3 is 2.58 bits per heavy atom. The number of allylic oxidation sites excluding steroid dienone is 1. The summed E-state index contributed by atoms with van der Waals surface area (Å²) in [4.78, 5) is 11.0. The van der Waals surface area contributed by atoms with Crippen LogP contribution in [-0.2, 0) is 27.9 Å². The predicted molar refractivity (Wildman–Crippen MR) is 97.6 cm³/mol. The van der Waals surface area contributed by atoms with Crippen LogP contribution in [0.4, 0.5) is 10.1 Å². The van der Waals surface area contributed by atoms with E-state index in [2.05, 4.69) is 16.8 Å². The first-order valence-corrected chi connectivity index (χ1v) is 10.2. The summed E-state index contributed by atoms with van der Waals surface area (Å²) < 4.78 is 40.3. The highest BCUT2D eigenvalue weighted by Crippen LogP contribution is 2.23. The lowest BCUT2D eigenvalue weighted by Gasteiger charge is -2.22. The summed E-state index contributed by atoms with van der Waals surface area (Å²) in [5.41, 5.74) is 5.44. The maximum atomic E-state index is 13.1. The Labute approximate surface area is 154 Å². The Kier molecular flexibility index (Phi) is 6.37. The summed E-state index contributed by atoms with van der Waals surface area (Å²) in [7, 11) is -3.65. The van der Waals surface area contributed by atoms with Gasteiger partial charge in [0.15, 0.2) is 11.0 Å². The second-order valence-corrected chi connectivity index (χ2v) is 8.15. The number of sulfonamides is 1. The van der Waals surface area contributed by atoms with Gasteiger partial charge in [0.05, 0.1) is 24.2 Å². The van der Waals surface area contributed by atoms with E-state index in [9.17, 15) is 17.6 Å². The first-order valence-electron chi connectivity index (χ1n) is 7.39. The van der Waals surface area contributed by atoms with Gasteiger partial charge in [-0.3, -0.25) is 9.10 Å². The first kappa shape index (κ1) is 19.9. The van der Waals surface area contributed by atoms with Crippen molar-refractivity contribution in [3.05, 3.63) is 48.6 Å². The molecule has 0 aliphatic carbocycles. The molecule has 0 bridgehead atoms. The highest BCUT2D eigenvalue weighted by Gasteiger charge is 2.22. The van der Waals surface area contributed by atoms with Crippen molar-refractivity contribution in [2.24, 2.45) is 5.73 Å². The minimum atomic E-state index is -3.65. The van der Waals surface area contributed by atoms with Gasteiger partial charge in [0, 0.05) is 6.54 Å². The monoisotopic (exact) mass is 399 g/mol. The maximum Gasteiger partial charge on any atom is 0.232 e. The molecule has 0 aliphatic rings. The fourth-order valence-electron chi connectivity index (χ4n) is 2.13. The lowest BCUT2D eigenvalue weighted by molar-refractivity contribution is -0.115. The van der Waals surface area contributed by atoms with E-state index in [1.54, 1.807) is 10.6 Å². The largest absolute Gasteiger partial charge is 0.369 e. The Hall–Kier alpha value is -2.40. The Balaban J connectivity index is 2.37. The third kappa shape index (κ3) is 5.05. The Bertz CT molecular complexity index is 897. The summed E-state index contributed by atoms with van der Waals surface area (Å²) >= 11 is 1.10. The lowest BCUT2D eigenvalue weighted by atomic mass is 10.3. The van der Waals surface area contributed by atoms with Crippen molar-refractivity contribution in [3.63, 3.8) is 0 Å². The molecule has 8 nitrogen and oxygen atoms in total. The average Bonchev–Trinajstić information content (AvgIpc) is 2.93. The number of rotatable bonds is 9. The van der Waals surface area contributed by atoms with Crippen LogP contribution in [0.25, 0.3) is 0 Å². The van der Waals surface area contributed by atoms with Crippen molar-refractivity contribution in [2.75, 3.05) is 16.3 Å². The van der Waals surface area contributed by atoms with Crippen molar-refractivity contribution >= 4 is 33.4 Å². The molecule has 11 heteroatoms. The molecule has 140 valence electrons. The summed E-state index contributed by atoms with van der Waals surface area (Å²) in [5.74, 6) is -0.606. The van der Waals surface area contributed by atoms with Gasteiger partial charge >= 0.3 is 0 Å². The van der Waals surface area contributed by atoms with Gasteiger partial charge in [-0.2, -0.15) is 0 Å². The van der Waals surface area contributed by atoms with Gasteiger partial charge in [-0.15, -0.1) is 16.8 Å². The van der Waals surface area contributed by atoms with Gasteiger partial charge in [-0.25, -0.2) is 12.8 Å². The van der Waals surface area contributed by atoms with E-state index in [-0.39, 0.29) is 12.3 Å². The molecule has 1 heterocycles. The molecule has 1 aromatic heterocycles. The molecule has 1 aromatic carbocycles. The number of aromatic nitrogens is 3. The number of carbonyl (C=O) groups excluding carboxylic acids is 1. The number of benzene rings is 1. The van der Waals surface area contributed by atoms with E-state index in [4.69, 9.17) is 5.73 Å². The number of hydrogen-bond acceptors (Lipinski definition) is 6. The number of amides is 1. The van der Waals surface area contributed by atoms with Gasteiger partial charge in [-0.05, 0) is 24.3 Å². The number of halogens is 1. The van der Waals surface area contributed by atoms with Crippen LogP contribution in [0.15, 0.2) is 42.1 Å². The molecule has 26 heavy (non-hydrogen) atoms. The molecular weight excluding hydrogens is 381 g/mol. The molecular formula is C15H18FN5O3S2. The molecule has 0 spiro atoms. The number of primary amides is 1. The molecule has 0 saturated heterocycles. The topological polar surface area (TPSA) is 111 Å². The SMILES string of the molecule is C=CCn1c(CN(c2ccc(F)cc2)S(C)(=O)=O)nnc1SCC(N)=O. The van der Waals surface area contributed by atoms with Crippen molar-refractivity contribution in [2.45, 2.75) is 18.2 Å². The number of anilines is 1. The second kappa shape index (κ2) is 8.32. The van der Waals surface area contributed by atoms with Crippen molar-refractivity contribution in [3.8, 4) is 0 Å². The highest BCUT2D eigenvalue weighted by molar-refractivity contribution is 7.99. The standard InChI is InChI=1S/C15H18FN5O3S2/c1-3-8-20-14(18-19-15(20)25-10-13(17)22)9-21(26(2,23)24)12-6-4-11(16)5-7-12/h3-7H,1,8-10H2,2H3,(H2,17,22). The number of carbonyl (C=O) groups is 1. The minimum Gasteiger partial charge on any atom is -0.369 e. The molecule has 0 fully saturated rings. The number of nitrogens with zero attached hydrogens (tertiary/aromatic N) is 4. The van der Waals surface area contributed by atoms with Crippen LogP contribution < -0.4 is 10.0 Å².